The topological polar surface area (TPSA) is 67.0 Å². The van der Waals surface area contributed by atoms with E-state index in [0.29, 0.717) is 6.67 Å². The van der Waals surface area contributed by atoms with Crippen molar-refractivity contribution in [2.45, 2.75) is 25.8 Å². The van der Waals surface area contributed by atoms with E-state index >= 15 is 0 Å². The molecule has 0 spiro atoms. The van der Waals surface area contributed by atoms with Crippen molar-refractivity contribution in [3.8, 4) is 0 Å². The Labute approximate surface area is 112 Å². The fourth-order valence-corrected chi connectivity index (χ4v) is 3.07. The molecule has 102 valence electrons. The van der Waals surface area contributed by atoms with Gasteiger partial charge in [-0.2, -0.15) is 0 Å². The molecule has 0 amide bonds. The monoisotopic (exact) mass is 260 g/mol. The summed E-state index contributed by atoms with van der Waals surface area (Å²) in [5, 5.41) is 0. The molecule has 5 nitrogen and oxygen atoms in total. The number of rotatable bonds is 2. The molecule has 1 aromatic carbocycles. The summed E-state index contributed by atoms with van der Waals surface area (Å²) in [6.45, 7) is 4.59. The van der Waals surface area contributed by atoms with Gasteiger partial charge in [0.2, 0.25) is 0 Å². The highest BCUT2D eigenvalue weighted by molar-refractivity contribution is 5.78. The minimum Gasteiger partial charge on any atom is -0.318 e. The summed E-state index contributed by atoms with van der Waals surface area (Å²) in [4.78, 5) is 17.4. The number of aromatic nitrogens is 2. The summed E-state index contributed by atoms with van der Waals surface area (Å²) < 4.78 is 1.94. The summed E-state index contributed by atoms with van der Waals surface area (Å²) in [5.41, 5.74) is 8.81. The van der Waals surface area contributed by atoms with E-state index in [2.05, 4.69) is 22.9 Å². The zero-order valence-corrected chi connectivity index (χ0v) is 11.2. The molecule has 2 heterocycles. The Morgan fingerprint density at radius 1 is 1.37 bits per heavy atom. The number of para-hydroxylation sites is 1. The third kappa shape index (κ3) is 2.09. The Morgan fingerprint density at radius 2 is 2.11 bits per heavy atom. The molecule has 1 aliphatic rings. The van der Waals surface area contributed by atoms with E-state index in [1.807, 2.05) is 16.7 Å². The smallest absolute Gasteiger partial charge is 0.318 e. The van der Waals surface area contributed by atoms with E-state index in [0.717, 1.165) is 42.5 Å². The third-order valence-electron chi connectivity index (χ3n) is 4.12. The van der Waals surface area contributed by atoms with Crippen molar-refractivity contribution < 1.29 is 0 Å². The second kappa shape index (κ2) is 4.83. The van der Waals surface area contributed by atoms with Gasteiger partial charge in [0.1, 0.15) is 0 Å². The molecule has 0 radical (unpaired) electrons. The summed E-state index contributed by atoms with van der Waals surface area (Å²) in [5.74, 6) is 0. The Balaban J connectivity index is 2.01. The van der Waals surface area contributed by atoms with Gasteiger partial charge in [0.05, 0.1) is 11.0 Å². The predicted octanol–water partition coefficient (Wildman–Crippen LogP) is 1.19. The van der Waals surface area contributed by atoms with Gasteiger partial charge >= 0.3 is 5.69 Å². The number of likely N-dealkylation sites (tertiary alicyclic amines) is 1. The van der Waals surface area contributed by atoms with Gasteiger partial charge in [-0.05, 0) is 31.4 Å². The maximum atomic E-state index is 12.2. The van der Waals surface area contributed by atoms with Crippen molar-refractivity contribution in [3.63, 3.8) is 0 Å². The Kier molecular flexibility index (Phi) is 3.16. The maximum absolute atomic E-state index is 12.2. The van der Waals surface area contributed by atoms with Crippen LogP contribution < -0.4 is 11.4 Å². The molecule has 0 aliphatic carbocycles. The van der Waals surface area contributed by atoms with Gasteiger partial charge in [0, 0.05) is 25.8 Å². The summed E-state index contributed by atoms with van der Waals surface area (Å²) in [6.07, 6.45) is 1.97. The molecule has 19 heavy (non-hydrogen) atoms. The van der Waals surface area contributed by atoms with E-state index in [4.69, 9.17) is 5.73 Å². The average molecular weight is 260 g/mol. The zero-order chi connectivity index (χ0) is 13.4. The molecule has 0 unspecified atom stereocenters. The Morgan fingerprint density at radius 3 is 2.79 bits per heavy atom. The quantitative estimate of drug-likeness (QED) is 0.852. The van der Waals surface area contributed by atoms with Crippen LogP contribution in [0.25, 0.3) is 11.0 Å². The fourth-order valence-electron chi connectivity index (χ4n) is 3.07. The number of benzene rings is 1. The first-order valence-electron chi connectivity index (χ1n) is 6.83. The van der Waals surface area contributed by atoms with Crippen molar-refractivity contribution in [3.05, 3.63) is 34.2 Å². The highest BCUT2D eigenvalue weighted by atomic mass is 16.1. The van der Waals surface area contributed by atoms with E-state index in [1.54, 1.807) is 0 Å². The molecular weight excluding hydrogens is 240 g/mol. The van der Waals surface area contributed by atoms with E-state index in [9.17, 15) is 4.79 Å². The SMILES string of the molecule is Cc1cccc2[nH]c(=O)n(C3CCN(CN)CC3)c12. The first-order valence-corrected chi connectivity index (χ1v) is 6.83. The highest BCUT2D eigenvalue weighted by Gasteiger charge is 2.23. The largest absolute Gasteiger partial charge is 0.326 e. The first-order chi connectivity index (χ1) is 9.20. The van der Waals surface area contributed by atoms with Crippen LogP contribution in [0.5, 0.6) is 0 Å². The molecule has 5 heteroatoms. The number of imidazole rings is 1. The molecule has 1 saturated heterocycles. The number of fused-ring (bicyclic) bond motifs is 1. The van der Waals surface area contributed by atoms with E-state index in [-0.39, 0.29) is 11.7 Å². The second-order valence-corrected chi connectivity index (χ2v) is 5.30. The van der Waals surface area contributed by atoms with Crippen molar-refractivity contribution in [1.29, 1.82) is 0 Å². The van der Waals surface area contributed by atoms with Gasteiger partial charge in [-0.25, -0.2) is 4.79 Å². The number of hydrogen-bond donors (Lipinski definition) is 2. The van der Waals surface area contributed by atoms with E-state index in [1.165, 1.54) is 0 Å². The van der Waals surface area contributed by atoms with Gasteiger partial charge in [-0.3, -0.25) is 9.47 Å². The average Bonchev–Trinajstić information content (AvgIpc) is 2.76. The van der Waals surface area contributed by atoms with Gasteiger partial charge < -0.3 is 10.7 Å². The molecule has 0 atom stereocenters. The van der Waals surface area contributed by atoms with Crippen molar-refractivity contribution in [2.75, 3.05) is 19.8 Å². The zero-order valence-electron chi connectivity index (χ0n) is 11.2. The lowest BCUT2D eigenvalue weighted by atomic mass is 10.0. The van der Waals surface area contributed by atoms with Crippen LogP contribution in [0.4, 0.5) is 0 Å². The van der Waals surface area contributed by atoms with Crippen LogP contribution >= 0.6 is 0 Å². The number of nitrogens with zero attached hydrogens (tertiary/aromatic N) is 2. The molecule has 0 bridgehead atoms. The van der Waals surface area contributed by atoms with Crippen molar-refractivity contribution >= 4 is 11.0 Å². The minimum atomic E-state index is 0.00972. The first kappa shape index (κ1) is 12.4. The van der Waals surface area contributed by atoms with Gasteiger partial charge in [0.25, 0.3) is 0 Å². The lowest BCUT2D eigenvalue weighted by molar-refractivity contribution is 0.191. The highest BCUT2D eigenvalue weighted by Crippen LogP contribution is 2.25. The number of H-pyrrole nitrogens is 1. The van der Waals surface area contributed by atoms with Crippen LogP contribution in [0.15, 0.2) is 23.0 Å². The van der Waals surface area contributed by atoms with Gasteiger partial charge in [-0.15, -0.1) is 0 Å². The van der Waals surface area contributed by atoms with Gasteiger partial charge in [0.15, 0.2) is 0 Å². The lowest BCUT2D eigenvalue weighted by Crippen LogP contribution is -2.39. The van der Waals surface area contributed by atoms with Crippen LogP contribution in [-0.2, 0) is 0 Å². The van der Waals surface area contributed by atoms with Crippen LogP contribution in [0.3, 0.4) is 0 Å². The lowest BCUT2D eigenvalue weighted by Gasteiger charge is -2.31. The molecular formula is C14H20N4O. The molecule has 3 rings (SSSR count). The standard InChI is InChI=1S/C14H20N4O/c1-10-3-2-4-12-13(10)18(14(19)16-12)11-5-7-17(9-15)8-6-11/h2-4,11H,5-9,15H2,1H3,(H,16,19). The molecule has 1 aromatic heterocycles. The number of hydrogen-bond acceptors (Lipinski definition) is 3. The number of aryl methyl sites for hydroxylation is 1. The molecule has 3 N–H and O–H groups in total. The minimum absolute atomic E-state index is 0.00972. The Bertz CT molecular complexity index is 634. The molecule has 1 fully saturated rings. The number of piperidine rings is 1. The van der Waals surface area contributed by atoms with E-state index < -0.39 is 0 Å². The van der Waals surface area contributed by atoms with Crippen molar-refractivity contribution in [1.82, 2.24) is 14.5 Å². The fraction of sp³-hybridized carbons (Fsp3) is 0.500. The molecule has 2 aromatic rings. The normalized spacial score (nSPS) is 18.2. The van der Waals surface area contributed by atoms with Crippen LogP contribution in [0.2, 0.25) is 0 Å². The van der Waals surface area contributed by atoms with Crippen LogP contribution in [-0.4, -0.2) is 34.2 Å². The predicted molar refractivity (Wildman–Crippen MR) is 76.2 cm³/mol. The third-order valence-corrected chi connectivity index (χ3v) is 4.12. The number of nitrogens with two attached hydrogens (primary N) is 1. The summed E-state index contributed by atoms with van der Waals surface area (Å²) >= 11 is 0. The molecule has 1 aliphatic heterocycles. The number of aromatic amines is 1. The summed E-state index contributed by atoms with van der Waals surface area (Å²) in [6, 6.07) is 6.29. The Hall–Kier alpha value is -1.59. The van der Waals surface area contributed by atoms with Crippen LogP contribution in [0, 0.1) is 6.92 Å². The summed E-state index contributed by atoms with van der Waals surface area (Å²) in [7, 11) is 0. The van der Waals surface area contributed by atoms with Crippen molar-refractivity contribution in [2.24, 2.45) is 5.73 Å². The van der Waals surface area contributed by atoms with Gasteiger partial charge in [-0.1, -0.05) is 12.1 Å². The second-order valence-electron chi connectivity index (χ2n) is 5.30. The maximum Gasteiger partial charge on any atom is 0.326 e. The van der Waals surface area contributed by atoms with Crippen LogP contribution in [0.1, 0.15) is 24.4 Å². The molecule has 0 saturated carbocycles. The number of nitrogens with one attached hydrogen (secondary N) is 1.